The summed E-state index contributed by atoms with van der Waals surface area (Å²) in [6.45, 7) is 0. The fraction of sp³-hybridized carbons (Fsp3) is 0.196. The summed E-state index contributed by atoms with van der Waals surface area (Å²) in [6, 6.07) is 31.9. The van der Waals surface area contributed by atoms with Gasteiger partial charge in [-0.1, -0.05) is 71.8 Å². The van der Waals surface area contributed by atoms with E-state index in [2.05, 4.69) is 5.43 Å². The Kier molecular flexibility index (Phi) is 9.00. The number of aromatic hydroxyl groups is 1. The summed E-state index contributed by atoms with van der Waals surface area (Å²) in [7, 11) is 1.41. The van der Waals surface area contributed by atoms with Crippen LogP contribution in [0.5, 0.6) is 11.5 Å². The van der Waals surface area contributed by atoms with Gasteiger partial charge < -0.3 is 9.84 Å². The van der Waals surface area contributed by atoms with E-state index in [1.165, 1.54) is 42.3 Å². The number of nitrogens with one attached hydrogen (secondary N) is 1. The average Bonchev–Trinajstić information content (AvgIpc) is 3.62. The molecule has 2 heterocycles. The Morgan fingerprint density at radius 3 is 2.21 bits per heavy atom. The molecule has 6 atom stereocenters. The standard InChI is InChI=1S/C46H35ClFN3O7/c1-58-38-23-27(9-22-37(38)52)40-33-20-21-34-39(44(56)50(42(34)54)32-18-7-26(8-19-32)41(53)25-5-3-2-4-6-25)35(33)24-36-43(55)51(49-31-16-14-30(48)15-17-31)45(57)46(36,40)28-10-12-29(47)13-11-28/h2-20,22-23,34-36,39-40,49,52H,21,24H2,1H3. The van der Waals surface area contributed by atoms with Crippen LogP contribution in [0.4, 0.5) is 15.8 Å². The van der Waals surface area contributed by atoms with Crippen molar-refractivity contribution < 1.29 is 38.2 Å². The van der Waals surface area contributed by atoms with Crippen LogP contribution in [-0.2, 0) is 24.6 Å². The lowest BCUT2D eigenvalue weighted by Gasteiger charge is -2.50. The molecule has 12 heteroatoms. The number of halogens is 2. The number of phenols is 1. The smallest absolute Gasteiger partial charge is 0.260 e. The average molecular weight is 796 g/mol. The van der Waals surface area contributed by atoms with Crippen LogP contribution in [0.2, 0.25) is 5.02 Å². The van der Waals surface area contributed by atoms with E-state index >= 15 is 4.79 Å². The number of carbonyl (C=O) groups excluding carboxylic acids is 5. The van der Waals surface area contributed by atoms with E-state index in [9.17, 15) is 28.7 Å². The molecule has 4 amide bonds. The lowest BCUT2D eigenvalue weighted by atomic mass is 9.49. The van der Waals surface area contributed by atoms with Gasteiger partial charge in [0.15, 0.2) is 17.3 Å². The second kappa shape index (κ2) is 14.1. The highest BCUT2D eigenvalue weighted by Crippen LogP contribution is 2.64. The van der Waals surface area contributed by atoms with Crippen molar-refractivity contribution in [1.82, 2.24) is 5.01 Å². The maximum absolute atomic E-state index is 15.3. The minimum Gasteiger partial charge on any atom is -0.504 e. The van der Waals surface area contributed by atoms with Gasteiger partial charge in [-0.05, 0) is 103 Å². The Balaban J connectivity index is 1.16. The molecule has 0 bridgehead atoms. The second-order valence-electron chi connectivity index (χ2n) is 15.1. The Morgan fingerprint density at radius 1 is 0.828 bits per heavy atom. The van der Waals surface area contributed by atoms with Crippen LogP contribution in [0.3, 0.4) is 0 Å². The topological polar surface area (TPSA) is 133 Å². The van der Waals surface area contributed by atoms with Gasteiger partial charge in [0.2, 0.25) is 11.8 Å². The largest absolute Gasteiger partial charge is 0.504 e. The molecule has 2 saturated heterocycles. The van der Waals surface area contributed by atoms with Gasteiger partial charge in [-0.25, -0.2) is 4.39 Å². The van der Waals surface area contributed by atoms with E-state index < -0.39 is 64.5 Å². The summed E-state index contributed by atoms with van der Waals surface area (Å²) >= 11 is 6.38. The molecule has 1 saturated carbocycles. The van der Waals surface area contributed by atoms with Crippen molar-refractivity contribution in [3.63, 3.8) is 0 Å². The number of hydrogen-bond donors (Lipinski definition) is 2. The van der Waals surface area contributed by atoms with E-state index in [4.69, 9.17) is 16.3 Å². The number of ketones is 1. The number of methoxy groups -OCH3 is 1. The van der Waals surface area contributed by atoms with Gasteiger partial charge in [0.25, 0.3) is 11.8 Å². The first-order valence-corrected chi connectivity index (χ1v) is 19.2. The normalized spacial score (nSPS) is 24.9. The van der Waals surface area contributed by atoms with Crippen LogP contribution >= 0.6 is 11.6 Å². The molecule has 4 aliphatic rings. The van der Waals surface area contributed by atoms with Crippen molar-refractivity contribution in [2.45, 2.75) is 24.2 Å². The molecular formula is C46H35ClFN3O7. The summed E-state index contributed by atoms with van der Waals surface area (Å²) in [5, 5.41) is 12.1. The van der Waals surface area contributed by atoms with Gasteiger partial charge in [0.1, 0.15) is 5.82 Å². The molecular weight excluding hydrogens is 761 g/mol. The fourth-order valence-corrected chi connectivity index (χ4v) is 9.80. The van der Waals surface area contributed by atoms with E-state index in [0.29, 0.717) is 44.2 Å². The number of amides is 4. The van der Waals surface area contributed by atoms with E-state index in [-0.39, 0.29) is 30.1 Å². The summed E-state index contributed by atoms with van der Waals surface area (Å²) in [6.07, 6.45) is 2.16. The van der Waals surface area contributed by atoms with Crippen molar-refractivity contribution in [2.75, 3.05) is 17.4 Å². The highest BCUT2D eigenvalue weighted by atomic mass is 35.5. The molecule has 9 rings (SSSR count). The van der Waals surface area contributed by atoms with Gasteiger partial charge in [0.05, 0.1) is 41.7 Å². The molecule has 58 heavy (non-hydrogen) atoms. The van der Waals surface area contributed by atoms with Crippen LogP contribution in [0, 0.1) is 29.5 Å². The molecule has 2 N–H and O–H groups in total. The molecule has 10 nitrogen and oxygen atoms in total. The fourth-order valence-electron chi connectivity index (χ4n) is 9.68. The zero-order valence-corrected chi connectivity index (χ0v) is 31.7. The van der Waals surface area contributed by atoms with Crippen LogP contribution in [0.15, 0.2) is 133 Å². The van der Waals surface area contributed by atoms with E-state index in [0.717, 1.165) is 5.01 Å². The number of rotatable bonds is 8. The first kappa shape index (κ1) is 37.0. The highest BCUT2D eigenvalue weighted by Gasteiger charge is 2.70. The third-order valence-electron chi connectivity index (χ3n) is 12.2. The lowest BCUT2D eigenvalue weighted by molar-refractivity contribution is -0.138. The van der Waals surface area contributed by atoms with Crippen LogP contribution in [0.1, 0.15) is 45.8 Å². The molecule has 6 unspecified atom stereocenters. The Bertz CT molecular complexity index is 2550. The SMILES string of the molecule is COc1cc(C2C3=CCC4C(=O)N(c5ccc(C(=O)c6ccccc6)cc5)C(=O)C4C3CC3C(=O)N(Nc4ccc(F)cc4)C(=O)C32c2ccc(Cl)cc2)ccc1O. The highest BCUT2D eigenvalue weighted by molar-refractivity contribution is 6.30. The molecule has 290 valence electrons. The summed E-state index contributed by atoms with van der Waals surface area (Å²) in [4.78, 5) is 73.5. The van der Waals surface area contributed by atoms with Gasteiger partial charge >= 0.3 is 0 Å². The third-order valence-corrected chi connectivity index (χ3v) is 12.5. The number of ether oxygens (including phenoxy) is 1. The number of carbonyl (C=O) groups is 5. The van der Waals surface area contributed by atoms with Crippen molar-refractivity contribution in [3.05, 3.63) is 166 Å². The molecule has 2 aliphatic heterocycles. The summed E-state index contributed by atoms with van der Waals surface area (Å²) in [5.74, 6) is -6.86. The number of hydrazine groups is 1. The van der Waals surface area contributed by atoms with Crippen molar-refractivity contribution in [1.29, 1.82) is 0 Å². The van der Waals surface area contributed by atoms with Crippen LogP contribution in [-0.4, -0.2) is 46.6 Å². The molecule has 5 aromatic rings. The van der Waals surface area contributed by atoms with Crippen molar-refractivity contribution >= 4 is 52.4 Å². The molecule has 2 aliphatic carbocycles. The monoisotopic (exact) mass is 795 g/mol. The van der Waals surface area contributed by atoms with Gasteiger partial charge in [-0.15, -0.1) is 0 Å². The van der Waals surface area contributed by atoms with Gasteiger partial charge in [0, 0.05) is 22.1 Å². The molecule has 3 fully saturated rings. The second-order valence-corrected chi connectivity index (χ2v) is 15.5. The van der Waals surface area contributed by atoms with Crippen molar-refractivity contribution in [2.24, 2.45) is 23.7 Å². The Labute approximate surface area is 337 Å². The Morgan fingerprint density at radius 2 is 1.52 bits per heavy atom. The van der Waals surface area contributed by atoms with E-state index in [1.54, 1.807) is 84.9 Å². The Hall–Kier alpha value is -6.59. The number of nitrogens with zero attached hydrogens (tertiary/aromatic N) is 2. The third kappa shape index (κ3) is 5.63. The lowest BCUT2D eigenvalue weighted by Crippen LogP contribution is -2.53. The first-order valence-electron chi connectivity index (χ1n) is 18.8. The van der Waals surface area contributed by atoms with E-state index in [1.807, 2.05) is 12.1 Å². The molecule has 5 aromatic carbocycles. The summed E-state index contributed by atoms with van der Waals surface area (Å²) < 4.78 is 19.5. The van der Waals surface area contributed by atoms with Crippen LogP contribution in [0.25, 0.3) is 0 Å². The number of imide groups is 2. The van der Waals surface area contributed by atoms with Gasteiger partial charge in [-0.2, -0.15) is 5.01 Å². The minimum absolute atomic E-state index is 0.0465. The summed E-state index contributed by atoms with van der Waals surface area (Å²) in [5.41, 5.74) is 4.62. The maximum atomic E-state index is 15.3. The zero-order valence-electron chi connectivity index (χ0n) is 31.0. The molecule has 0 radical (unpaired) electrons. The molecule has 0 aromatic heterocycles. The number of allylic oxidation sites excluding steroid dienone is 2. The quantitative estimate of drug-likeness (QED) is 0.0932. The number of benzene rings is 5. The number of fused-ring (bicyclic) bond motifs is 4. The number of phenolic OH excluding ortho intramolecular Hbond substituents is 1. The van der Waals surface area contributed by atoms with Crippen molar-refractivity contribution in [3.8, 4) is 11.5 Å². The first-order chi connectivity index (χ1) is 28.0. The zero-order chi connectivity index (χ0) is 40.5. The maximum Gasteiger partial charge on any atom is 0.260 e. The minimum atomic E-state index is -1.60. The number of anilines is 2. The van der Waals surface area contributed by atoms with Crippen LogP contribution < -0.4 is 15.1 Å². The van der Waals surface area contributed by atoms with Gasteiger partial charge in [-0.3, -0.25) is 34.3 Å². The molecule has 0 spiro atoms. The predicted molar refractivity (Wildman–Crippen MR) is 212 cm³/mol. The predicted octanol–water partition coefficient (Wildman–Crippen LogP) is 7.61. The number of hydrogen-bond acceptors (Lipinski definition) is 8.